The number of nitrogens with one attached hydrogen (secondary N) is 1. The number of fused-ring (bicyclic) bond motifs is 1. The van der Waals surface area contributed by atoms with Crippen LogP contribution >= 0.6 is 0 Å². The Balaban J connectivity index is 1.72. The van der Waals surface area contributed by atoms with Crippen LogP contribution < -0.4 is 5.32 Å². The fourth-order valence-electron chi connectivity index (χ4n) is 3.14. The molecule has 2 unspecified atom stereocenters. The molecular formula is C16H23NO. The van der Waals surface area contributed by atoms with E-state index in [4.69, 9.17) is 4.74 Å². The van der Waals surface area contributed by atoms with Crippen molar-refractivity contribution < 1.29 is 4.74 Å². The van der Waals surface area contributed by atoms with Crippen LogP contribution in [0.5, 0.6) is 0 Å². The van der Waals surface area contributed by atoms with Gasteiger partial charge in [0, 0.05) is 18.0 Å². The zero-order valence-electron chi connectivity index (χ0n) is 11.4. The van der Waals surface area contributed by atoms with Gasteiger partial charge in [-0.1, -0.05) is 38.1 Å². The molecule has 1 aromatic carbocycles. The molecule has 0 saturated carbocycles. The summed E-state index contributed by atoms with van der Waals surface area (Å²) < 4.78 is 5.32. The van der Waals surface area contributed by atoms with E-state index in [0.29, 0.717) is 17.4 Å². The quantitative estimate of drug-likeness (QED) is 0.882. The van der Waals surface area contributed by atoms with Gasteiger partial charge in [0.15, 0.2) is 0 Å². The highest BCUT2D eigenvalue weighted by atomic mass is 16.5. The highest BCUT2D eigenvalue weighted by Gasteiger charge is 2.34. The first-order valence-corrected chi connectivity index (χ1v) is 7.08. The van der Waals surface area contributed by atoms with Gasteiger partial charge in [-0.05, 0) is 29.9 Å². The Morgan fingerprint density at radius 1 is 1.22 bits per heavy atom. The van der Waals surface area contributed by atoms with E-state index in [1.165, 1.54) is 24.0 Å². The predicted molar refractivity (Wildman–Crippen MR) is 73.8 cm³/mol. The first kappa shape index (κ1) is 12.2. The minimum atomic E-state index is 0.359. The van der Waals surface area contributed by atoms with E-state index in [-0.39, 0.29) is 0 Å². The van der Waals surface area contributed by atoms with Crippen molar-refractivity contribution in [2.45, 2.75) is 38.6 Å². The molecule has 2 nitrogen and oxygen atoms in total. The summed E-state index contributed by atoms with van der Waals surface area (Å²) in [5, 5.41) is 3.76. The lowest BCUT2D eigenvalue weighted by molar-refractivity contribution is -0.100. The number of hydrogen-bond acceptors (Lipinski definition) is 2. The van der Waals surface area contributed by atoms with Crippen LogP contribution in [-0.4, -0.2) is 19.8 Å². The summed E-state index contributed by atoms with van der Waals surface area (Å²) in [5.74, 6) is 0.710. The maximum Gasteiger partial charge on any atom is 0.0554 e. The molecule has 0 radical (unpaired) electrons. The second-order valence-electron chi connectivity index (χ2n) is 6.34. The maximum atomic E-state index is 5.32. The molecule has 1 aliphatic carbocycles. The first-order valence-electron chi connectivity index (χ1n) is 7.08. The smallest absolute Gasteiger partial charge is 0.0554 e. The van der Waals surface area contributed by atoms with Crippen molar-refractivity contribution in [3.63, 3.8) is 0 Å². The van der Waals surface area contributed by atoms with Gasteiger partial charge in [0.1, 0.15) is 0 Å². The van der Waals surface area contributed by atoms with Crippen LogP contribution in [0.25, 0.3) is 0 Å². The first-order chi connectivity index (χ1) is 8.68. The van der Waals surface area contributed by atoms with E-state index in [1.807, 2.05) is 0 Å². The third kappa shape index (κ3) is 2.19. The van der Waals surface area contributed by atoms with Crippen molar-refractivity contribution in [1.29, 1.82) is 0 Å². The van der Waals surface area contributed by atoms with Gasteiger partial charge in [0.2, 0.25) is 0 Å². The minimum Gasteiger partial charge on any atom is -0.380 e. The van der Waals surface area contributed by atoms with E-state index < -0.39 is 0 Å². The summed E-state index contributed by atoms with van der Waals surface area (Å²) in [6.45, 7) is 7.53. The van der Waals surface area contributed by atoms with E-state index in [0.717, 1.165) is 19.8 Å². The number of ether oxygens (including phenoxy) is 1. The van der Waals surface area contributed by atoms with E-state index in [1.54, 1.807) is 0 Å². The lowest BCUT2D eigenvalue weighted by Crippen LogP contribution is -2.48. The molecule has 1 aromatic rings. The highest BCUT2D eigenvalue weighted by molar-refractivity contribution is 5.34. The fraction of sp³-hybridized carbons (Fsp3) is 0.625. The summed E-state index contributed by atoms with van der Waals surface area (Å²) >= 11 is 0. The van der Waals surface area contributed by atoms with Crippen LogP contribution in [0.4, 0.5) is 0 Å². The van der Waals surface area contributed by atoms with Crippen LogP contribution in [0.3, 0.4) is 0 Å². The molecule has 18 heavy (non-hydrogen) atoms. The van der Waals surface area contributed by atoms with Crippen molar-refractivity contribution in [2.24, 2.45) is 5.41 Å². The van der Waals surface area contributed by atoms with Crippen molar-refractivity contribution in [3.8, 4) is 0 Å². The lowest BCUT2D eigenvalue weighted by Gasteiger charge is -2.40. The fourth-order valence-corrected chi connectivity index (χ4v) is 3.14. The number of rotatable bonds is 3. The van der Waals surface area contributed by atoms with Gasteiger partial charge in [0.25, 0.3) is 0 Å². The van der Waals surface area contributed by atoms with Crippen LogP contribution in [0.15, 0.2) is 24.3 Å². The molecule has 3 rings (SSSR count). The molecule has 2 heteroatoms. The van der Waals surface area contributed by atoms with Gasteiger partial charge in [-0.15, -0.1) is 0 Å². The lowest BCUT2D eigenvalue weighted by atomic mass is 9.80. The molecule has 0 bridgehead atoms. The standard InChI is InChI=1S/C16H23NO/c1-12-7-8-15(14-6-4-3-5-13(12)14)17-9-16(2)10-18-11-16/h3-6,12,15,17H,7-11H2,1-2H3. The van der Waals surface area contributed by atoms with Crippen molar-refractivity contribution in [3.05, 3.63) is 35.4 Å². The molecule has 1 aliphatic heterocycles. The Morgan fingerprint density at radius 2 is 1.94 bits per heavy atom. The minimum absolute atomic E-state index is 0.359. The van der Waals surface area contributed by atoms with Gasteiger partial charge < -0.3 is 10.1 Å². The van der Waals surface area contributed by atoms with Gasteiger partial charge in [-0.25, -0.2) is 0 Å². The van der Waals surface area contributed by atoms with Gasteiger partial charge in [-0.3, -0.25) is 0 Å². The third-order valence-electron chi connectivity index (χ3n) is 4.47. The normalized spacial score (nSPS) is 29.4. The Bertz CT molecular complexity index is 425. The molecule has 0 aromatic heterocycles. The SMILES string of the molecule is CC1CCC(NCC2(C)COC2)c2ccccc21. The van der Waals surface area contributed by atoms with Crippen molar-refractivity contribution in [1.82, 2.24) is 5.32 Å². The summed E-state index contributed by atoms with van der Waals surface area (Å²) in [4.78, 5) is 0. The molecule has 0 spiro atoms. The molecule has 0 amide bonds. The maximum absolute atomic E-state index is 5.32. The topological polar surface area (TPSA) is 21.3 Å². The molecule has 1 fully saturated rings. The summed E-state index contributed by atoms with van der Waals surface area (Å²) in [6.07, 6.45) is 2.55. The largest absolute Gasteiger partial charge is 0.380 e. The van der Waals surface area contributed by atoms with E-state index in [2.05, 4.69) is 43.4 Å². The monoisotopic (exact) mass is 245 g/mol. The average Bonchev–Trinajstić information content (AvgIpc) is 2.36. The summed E-state index contributed by atoms with van der Waals surface area (Å²) in [5.41, 5.74) is 3.41. The molecule has 1 saturated heterocycles. The molecule has 2 atom stereocenters. The van der Waals surface area contributed by atoms with Gasteiger partial charge >= 0.3 is 0 Å². The van der Waals surface area contributed by atoms with Gasteiger partial charge in [0.05, 0.1) is 13.2 Å². The zero-order chi connectivity index (χ0) is 12.6. The van der Waals surface area contributed by atoms with Gasteiger partial charge in [-0.2, -0.15) is 0 Å². The van der Waals surface area contributed by atoms with Crippen LogP contribution in [-0.2, 0) is 4.74 Å². The Hall–Kier alpha value is -0.860. The number of hydrogen-bond donors (Lipinski definition) is 1. The Kier molecular flexibility index (Phi) is 3.16. The second-order valence-corrected chi connectivity index (χ2v) is 6.34. The molecule has 1 heterocycles. The van der Waals surface area contributed by atoms with E-state index >= 15 is 0 Å². The van der Waals surface area contributed by atoms with E-state index in [9.17, 15) is 0 Å². The third-order valence-corrected chi connectivity index (χ3v) is 4.47. The summed E-state index contributed by atoms with van der Waals surface area (Å²) in [7, 11) is 0. The van der Waals surface area contributed by atoms with Crippen molar-refractivity contribution >= 4 is 0 Å². The molecule has 98 valence electrons. The predicted octanol–water partition coefficient (Wildman–Crippen LogP) is 3.25. The second kappa shape index (κ2) is 4.67. The average molecular weight is 245 g/mol. The molecular weight excluding hydrogens is 222 g/mol. The Morgan fingerprint density at radius 3 is 2.61 bits per heavy atom. The van der Waals surface area contributed by atoms with Crippen LogP contribution in [0.2, 0.25) is 0 Å². The van der Waals surface area contributed by atoms with Crippen molar-refractivity contribution in [2.75, 3.05) is 19.8 Å². The highest BCUT2D eigenvalue weighted by Crippen LogP contribution is 2.37. The van der Waals surface area contributed by atoms with Crippen LogP contribution in [0.1, 0.15) is 49.8 Å². The number of benzene rings is 1. The Labute approximate surface area is 110 Å². The molecule has 2 aliphatic rings. The zero-order valence-corrected chi connectivity index (χ0v) is 11.4. The van der Waals surface area contributed by atoms with Crippen LogP contribution in [0, 0.1) is 5.41 Å². The summed E-state index contributed by atoms with van der Waals surface area (Å²) in [6, 6.07) is 9.46. The molecule has 1 N–H and O–H groups in total.